The number of allylic oxidation sites excluding steroid dienone is 4. The molecule has 0 spiro atoms. The summed E-state index contributed by atoms with van der Waals surface area (Å²) in [6.07, 6.45) is 13.7. The summed E-state index contributed by atoms with van der Waals surface area (Å²) in [5, 5.41) is 10.0. The molecule has 28 heavy (non-hydrogen) atoms. The van der Waals surface area contributed by atoms with Gasteiger partial charge in [0.15, 0.2) is 5.78 Å². The summed E-state index contributed by atoms with van der Waals surface area (Å²) in [4.78, 5) is 23.2. The molecule has 4 heteroatoms. The zero-order chi connectivity index (χ0) is 19.9. The molecule has 0 amide bonds. The second-order valence-corrected chi connectivity index (χ2v) is 9.40. The number of rotatable bonds is 10. The molecular weight excluding hydrogens is 368 g/mol. The molecule has 2 aliphatic heterocycles. The van der Waals surface area contributed by atoms with E-state index in [1.54, 1.807) is 0 Å². The number of unbranched alkanes of at least 4 members (excludes halogenated alkanes) is 1. The first kappa shape index (κ1) is 20.9. The van der Waals surface area contributed by atoms with Crippen LogP contribution in [0.4, 0.5) is 0 Å². The van der Waals surface area contributed by atoms with E-state index in [1.807, 2.05) is 43.3 Å². The van der Waals surface area contributed by atoms with Crippen LogP contribution >= 0.6 is 11.8 Å². The Morgan fingerprint density at radius 3 is 2.68 bits per heavy atom. The van der Waals surface area contributed by atoms with Crippen LogP contribution in [-0.4, -0.2) is 27.4 Å². The van der Waals surface area contributed by atoms with Gasteiger partial charge in [0, 0.05) is 22.8 Å². The van der Waals surface area contributed by atoms with Gasteiger partial charge in [-0.3, -0.25) is 9.59 Å². The van der Waals surface area contributed by atoms with Crippen LogP contribution in [0, 0.1) is 11.8 Å². The van der Waals surface area contributed by atoms with Gasteiger partial charge in [0.1, 0.15) is 0 Å². The Morgan fingerprint density at radius 2 is 1.93 bits per heavy atom. The summed E-state index contributed by atoms with van der Waals surface area (Å²) < 4.78 is 0. The maximum Gasteiger partial charge on any atom is 0.303 e. The van der Waals surface area contributed by atoms with E-state index in [-0.39, 0.29) is 18.1 Å². The van der Waals surface area contributed by atoms with E-state index < -0.39 is 5.97 Å². The number of benzene rings is 1. The minimum Gasteiger partial charge on any atom is -0.481 e. The van der Waals surface area contributed by atoms with Gasteiger partial charge in [-0.2, -0.15) is 11.8 Å². The average molecular weight is 399 g/mol. The van der Waals surface area contributed by atoms with Gasteiger partial charge >= 0.3 is 5.97 Å². The predicted octanol–water partition coefficient (Wildman–Crippen LogP) is 5.63. The molecule has 0 aliphatic carbocycles. The fourth-order valence-corrected chi connectivity index (χ4v) is 6.35. The van der Waals surface area contributed by atoms with Crippen LogP contribution < -0.4 is 0 Å². The highest BCUT2D eigenvalue weighted by atomic mass is 32.2. The van der Waals surface area contributed by atoms with Crippen LogP contribution in [0.5, 0.6) is 0 Å². The molecule has 3 rings (SSSR count). The minimum absolute atomic E-state index is 0.101. The Bertz CT molecular complexity index is 725. The van der Waals surface area contributed by atoms with E-state index in [0.717, 1.165) is 18.4 Å². The molecule has 1 aromatic carbocycles. The molecule has 1 unspecified atom stereocenters. The Hall–Kier alpha value is -1.81. The third kappa shape index (κ3) is 5.38. The summed E-state index contributed by atoms with van der Waals surface area (Å²) in [5.41, 5.74) is 1.07. The van der Waals surface area contributed by atoms with Crippen molar-refractivity contribution in [2.75, 3.05) is 0 Å². The first-order valence-electron chi connectivity index (χ1n) is 10.4. The summed E-state index contributed by atoms with van der Waals surface area (Å²) in [5.74, 6) is 0.422. The maximum atomic E-state index is 12.6. The average Bonchev–Trinajstić information content (AvgIpc) is 3.30. The van der Waals surface area contributed by atoms with Crippen molar-refractivity contribution in [3.63, 3.8) is 0 Å². The van der Waals surface area contributed by atoms with Crippen molar-refractivity contribution in [2.45, 2.75) is 61.9 Å². The van der Waals surface area contributed by atoms with Gasteiger partial charge in [0.05, 0.1) is 0 Å². The fourth-order valence-electron chi connectivity index (χ4n) is 4.39. The summed E-state index contributed by atoms with van der Waals surface area (Å²) in [6.45, 7) is 1.98. The lowest BCUT2D eigenvalue weighted by molar-refractivity contribution is -0.137. The zero-order valence-electron chi connectivity index (χ0n) is 16.5. The Kier molecular flexibility index (Phi) is 7.55. The minimum atomic E-state index is -0.725. The second-order valence-electron chi connectivity index (χ2n) is 7.92. The van der Waals surface area contributed by atoms with Gasteiger partial charge in [0.2, 0.25) is 0 Å². The molecular formula is C24H30O3S. The fraction of sp³-hybridized carbons (Fsp3) is 0.500. The number of ketones is 1. The van der Waals surface area contributed by atoms with Crippen molar-refractivity contribution in [3.05, 3.63) is 60.2 Å². The molecule has 1 aromatic rings. The Labute approximate surface area is 172 Å². The van der Waals surface area contributed by atoms with Gasteiger partial charge in [-0.15, -0.1) is 0 Å². The maximum absolute atomic E-state index is 12.6. The second kappa shape index (κ2) is 10.1. The van der Waals surface area contributed by atoms with E-state index in [9.17, 15) is 9.59 Å². The van der Waals surface area contributed by atoms with Gasteiger partial charge in [-0.1, -0.05) is 55.5 Å². The zero-order valence-corrected chi connectivity index (χ0v) is 17.3. The van der Waals surface area contributed by atoms with Crippen LogP contribution in [0.25, 0.3) is 0 Å². The number of hydrogen-bond acceptors (Lipinski definition) is 3. The van der Waals surface area contributed by atoms with Crippen LogP contribution in [0.1, 0.15) is 56.9 Å². The number of hydrogen-bond donors (Lipinski definition) is 1. The van der Waals surface area contributed by atoms with Crippen LogP contribution in [0.15, 0.2) is 54.6 Å². The number of thioether (sulfide) groups is 1. The molecule has 150 valence electrons. The van der Waals surface area contributed by atoms with E-state index in [1.165, 1.54) is 12.8 Å². The van der Waals surface area contributed by atoms with Crippen molar-refractivity contribution < 1.29 is 14.7 Å². The molecule has 2 saturated heterocycles. The summed E-state index contributed by atoms with van der Waals surface area (Å²) in [6, 6.07) is 9.97. The normalized spacial score (nSPS) is 27.6. The third-order valence-corrected chi connectivity index (χ3v) is 7.87. The van der Waals surface area contributed by atoms with Crippen LogP contribution in [0.3, 0.4) is 0 Å². The quantitative estimate of drug-likeness (QED) is 0.315. The highest BCUT2D eigenvalue weighted by Crippen LogP contribution is 2.54. The molecule has 2 bridgehead atoms. The number of carboxylic acid groups (broad SMARTS) is 1. The first-order valence-corrected chi connectivity index (χ1v) is 11.3. The SMILES string of the molecule is CC(C(=O)/C=C/[C@@H]1[C@H](C/C=C\CCCC(=O)O)[C@@H]2CC[C@H]1S2)c1ccccc1. The molecule has 0 saturated carbocycles. The summed E-state index contributed by atoms with van der Waals surface area (Å²) in [7, 11) is 0. The monoisotopic (exact) mass is 398 g/mol. The van der Waals surface area contributed by atoms with E-state index in [0.29, 0.717) is 28.8 Å². The molecule has 5 atom stereocenters. The van der Waals surface area contributed by atoms with E-state index in [4.69, 9.17) is 5.11 Å². The predicted molar refractivity (Wildman–Crippen MR) is 116 cm³/mol. The number of carbonyl (C=O) groups is 2. The number of fused-ring (bicyclic) bond motifs is 2. The molecule has 0 radical (unpaired) electrons. The molecule has 0 aromatic heterocycles. The van der Waals surface area contributed by atoms with Crippen molar-refractivity contribution in [1.29, 1.82) is 0 Å². The Balaban J connectivity index is 1.55. The highest BCUT2D eigenvalue weighted by molar-refractivity contribution is 8.01. The standard InChI is InChI=1S/C24H30O3S/c1-17(18-9-5-4-6-10-18)21(25)14-13-20-19(22-15-16-23(20)28-22)11-7-2-3-8-12-24(26)27/h2,4-7,9-10,13-14,17,19-20,22-23H,3,8,11-12,15-16H2,1H3,(H,26,27)/b7-2-,14-13+/t17?,19-,20+,22-,23+/m0/s1. The van der Waals surface area contributed by atoms with Gasteiger partial charge in [-0.25, -0.2) is 0 Å². The molecule has 3 nitrogen and oxygen atoms in total. The van der Waals surface area contributed by atoms with Crippen molar-refractivity contribution in [3.8, 4) is 0 Å². The highest BCUT2D eigenvalue weighted by Gasteiger charge is 2.46. The van der Waals surface area contributed by atoms with Crippen LogP contribution in [0.2, 0.25) is 0 Å². The molecule has 1 N–H and O–H groups in total. The smallest absolute Gasteiger partial charge is 0.303 e. The van der Waals surface area contributed by atoms with Crippen molar-refractivity contribution in [1.82, 2.24) is 0 Å². The largest absolute Gasteiger partial charge is 0.481 e. The van der Waals surface area contributed by atoms with E-state index in [2.05, 4.69) is 30.0 Å². The van der Waals surface area contributed by atoms with Gasteiger partial charge in [-0.05, 0) is 55.6 Å². The molecule has 2 fully saturated rings. The molecule has 2 heterocycles. The number of carboxylic acids is 1. The van der Waals surface area contributed by atoms with Crippen molar-refractivity contribution in [2.24, 2.45) is 11.8 Å². The third-order valence-electron chi connectivity index (χ3n) is 6.03. The van der Waals surface area contributed by atoms with Gasteiger partial charge in [0.25, 0.3) is 0 Å². The van der Waals surface area contributed by atoms with Crippen molar-refractivity contribution >= 4 is 23.5 Å². The lowest BCUT2D eigenvalue weighted by atomic mass is 9.77. The number of carbonyl (C=O) groups excluding carboxylic acids is 1. The lowest BCUT2D eigenvalue weighted by Gasteiger charge is -2.26. The summed E-state index contributed by atoms with van der Waals surface area (Å²) >= 11 is 2.10. The lowest BCUT2D eigenvalue weighted by Crippen LogP contribution is -2.25. The number of aliphatic carboxylic acids is 1. The molecule has 2 aliphatic rings. The Morgan fingerprint density at radius 1 is 1.18 bits per heavy atom. The van der Waals surface area contributed by atoms with Gasteiger partial charge < -0.3 is 5.11 Å². The first-order chi connectivity index (χ1) is 13.6. The van der Waals surface area contributed by atoms with Crippen LogP contribution in [-0.2, 0) is 9.59 Å². The topological polar surface area (TPSA) is 54.4 Å². The van der Waals surface area contributed by atoms with E-state index >= 15 is 0 Å².